The van der Waals surface area contributed by atoms with E-state index in [4.69, 9.17) is 5.73 Å². The van der Waals surface area contributed by atoms with E-state index in [9.17, 15) is 0 Å². The van der Waals surface area contributed by atoms with Crippen LogP contribution in [0.3, 0.4) is 0 Å². The van der Waals surface area contributed by atoms with Crippen LogP contribution < -0.4 is 5.73 Å². The van der Waals surface area contributed by atoms with Crippen LogP contribution in [-0.2, 0) is 13.1 Å². The Morgan fingerprint density at radius 2 is 2.11 bits per heavy atom. The Kier molecular flexibility index (Phi) is 4.60. The van der Waals surface area contributed by atoms with Crippen molar-refractivity contribution >= 4 is 0 Å². The molecule has 0 aliphatic heterocycles. The highest BCUT2D eigenvalue weighted by Gasteiger charge is 2.39. The van der Waals surface area contributed by atoms with Crippen molar-refractivity contribution < 1.29 is 0 Å². The largest absolute Gasteiger partial charge is 0.336 e. The molecular weight excluding hydrogens is 238 g/mol. The van der Waals surface area contributed by atoms with E-state index in [0.29, 0.717) is 12.1 Å². The van der Waals surface area contributed by atoms with E-state index in [0.717, 1.165) is 25.3 Å². The van der Waals surface area contributed by atoms with E-state index < -0.39 is 0 Å². The quantitative estimate of drug-likeness (QED) is 0.791. The van der Waals surface area contributed by atoms with Gasteiger partial charge < -0.3 is 15.2 Å². The molecular formula is C14H27N5. The second-order valence-electron chi connectivity index (χ2n) is 6.04. The van der Waals surface area contributed by atoms with Gasteiger partial charge in [-0.15, -0.1) is 0 Å². The van der Waals surface area contributed by atoms with Gasteiger partial charge in [0.15, 0.2) is 0 Å². The Morgan fingerprint density at radius 1 is 1.37 bits per heavy atom. The molecule has 2 N–H and O–H groups in total. The molecule has 19 heavy (non-hydrogen) atoms. The minimum Gasteiger partial charge on any atom is -0.336 e. The topological polar surface area (TPSA) is 50.3 Å². The molecule has 1 saturated carbocycles. The average molecular weight is 265 g/mol. The van der Waals surface area contributed by atoms with E-state index in [1.54, 1.807) is 0 Å². The third-order valence-electron chi connectivity index (χ3n) is 4.30. The zero-order valence-electron chi connectivity index (χ0n) is 12.5. The monoisotopic (exact) mass is 265 g/mol. The van der Waals surface area contributed by atoms with E-state index in [1.807, 2.05) is 6.33 Å². The maximum atomic E-state index is 5.55. The summed E-state index contributed by atoms with van der Waals surface area (Å²) in [5.74, 6) is 0. The Hall–Kier alpha value is -0.910. The van der Waals surface area contributed by atoms with Gasteiger partial charge in [-0.1, -0.05) is 0 Å². The summed E-state index contributed by atoms with van der Waals surface area (Å²) < 4.78 is 2.06. The molecule has 0 aromatic carbocycles. The maximum absolute atomic E-state index is 5.55. The Morgan fingerprint density at radius 3 is 2.63 bits per heavy atom. The second-order valence-corrected chi connectivity index (χ2v) is 6.04. The number of nitrogens with two attached hydrogens (primary N) is 1. The number of aromatic nitrogens is 2. The van der Waals surface area contributed by atoms with Crippen LogP contribution in [0.1, 0.15) is 25.0 Å². The first-order chi connectivity index (χ1) is 9.05. The van der Waals surface area contributed by atoms with Gasteiger partial charge in [0.2, 0.25) is 0 Å². The summed E-state index contributed by atoms with van der Waals surface area (Å²) in [6, 6.07) is 0. The molecule has 1 aliphatic rings. The lowest BCUT2D eigenvalue weighted by molar-refractivity contribution is 0.0256. The van der Waals surface area contributed by atoms with Crippen molar-refractivity contribution in [2.45, 2.75) is 37.9 Å². The molecule has 0 spiro atoms. The molecule has 1 aromatic rings. The van der Waals surface area contributed by atoms with Crippen LogP contribution in [0.2, 0.25) is 0 Å². The van der Waals surface area contributed by atoms with Crippen molar-refractivity contribution in [2.75, 3.05) is 34.2 Å². The predicted molar refractivity (Wildman–Crippen MR) is 77.9 cm³/mol. The minimum atomic E-state index is 0.384. The maximum Gasteiger partial charge on any atom is 0.0950 e. The molecule has 1 aliphatic carbocycles. The smallest absolute Gasteiger partial charge is 0.0950 e. The van der Waals surface area contributed by atoms with Crippen molar-refractivity contribution in [2.24, 2.45) is 5.73 Å². The van der Waals surface area contributed by atoms with Crippen LogP contribution in [0.5, 0.6) is 0 Å². The molecule has 0 unspecified atom stereocenters. The van der Waals surface area contributed by atoms with Gasteiger partial charge in [0.05, 0.1) is 12.0 Å². The van der Waals surface area contributed by atoms with Crippen molar-refractivity contribution in [1.29, 1.82) is 0 Å². The Balaban J connectivity index is 1.87. The van der Waals surface area contributed by atoms with Crippen LogP contribution in [0, 0.1) is 0 Å². The molecule has 1 aromatic heterocycles. The van der Waals surface area contributed by atoms with Gasteiger partial charge in [-0.25, -0.2) is 4.98 Å². The fourth-order valence-electron chi connectivity index (χ4n) is 2.93. The average Bonchev–Trinajstić information content (AvgIpc) is 2.71. The zero-order valence-corrected chi connectivity index (χ0v) is 12.5. The highest BCUT2D eigenvalue weighted by atomic mass is 15.2. The number of imidazole rings is 1. The van der Waals surface area contributed by atoms with Crippen molar-refractivity contribution in [3.8, 4) is 0 Å². The molecule has 1 heterocycles. The first-order valence-electron chi connectivity index (χ1n) is 7.12. The standard InChI is InChI=1S/C14H27N5/c1-17(2)14(5-4-6-14)11-18(3)9-13-10-19(8-7-15)12-16-13/h10,12H,4-9,11,15H2,1-3H3. The van der Waals surface area contributed by atoms with E-state index in [2.05, 4.69) is 46.7 Å². The number of likely N-dealkylation sites (N-methyl/N-ethyl adjacent to an activating group) is 2. The zero-order chi connectivity index (χ0) is 13.9. The molecule has 0 saturated heterocycles. The highest BCUT2D eigenvalue weighted by molar-refractivity contribution is 5.01. The Bertz CT molecular complexity index is 394. The highest BCUT2D eigenvalue weighted by Crippen LogP contribution is 2.36. The first kappa shape index (κ1) is 14.5. The molecule has 5 nitrogen and oxygen atoms in total. The summed E-state index contributed by atoms with van der Waals surface area (Å²) in [4.78, 5) is 9.22. The van der Waals surface area contributed by atoms with Gasteiger partial charge in [0.1, 0.15) is 0 Å². The van der Waals surface area contributed by atoms with Crippen molar-refractivity contribution in [3.63, 3.8) is 0 Å². The fourth-order valence-corrected chi connectivity index (χ4v) is 2.93. The number of nitrogens with zero attached hydrogens (tertiary/aromatic N) is 4. The van der Waals surface area contributed by atoms with Crippen LogP contribution >= 0.6 is 0 Å². The van der Waals surface area contributed by atoms with Gasteiger partial charge >= 0.3 is 0 Å². The van der Waals surface area contributed by atoms with Crippen molar-refractivity contribution in [3.05, 3.63) is 18.2 Å². The lowest BCUT2D eigenvalue weighted by Crippen LogP contribution is -2.56. The normalized spacial score (nSPS) is 18.0. The van der Waals surface area contributed by atoms with E-state index >= 15 is 0 Å². The summed E-state index contributed by atoms with van der Waals surface area (Å²) in [6.45, 7) is 3.53. The van der Waals surface area contributed by atoms with Gasteiger partial charge in [-0.2, -0.15) is 0 Å². The number of hydrogen-bond donors (Lipinski definition) is 1. The van der Waals surface area contributed by atoms with Crippen molar-refractivity contribution in [1.82, 2.24) is 19.4 Å². The minimum absolute atomic E-state index is 0.384. The van der Waals surface area contributed by atoms with Gasteiger partial charge in [0, 0.05) is 37.9 Å². The lowest BCUT2D eigenvalue weighted by atomic mass is 9.75. The van der Waals surface area contributed by atoms with E-state index in [-0.39, 0.29) is 0 Å². The number of rotatable bonds is 7. The third kappa shape index (κ3) is 3.35. The second kappa shape index (κ2) is 6.03. The molecule has 0 amide bonds. The van der Waals surface area contributed by atoms with Crippen LogP contribution in [0.4, 0.5) is 0 Å². The first-order valence-corrected chi connectivity index (χ1v) is 7.12. The van der Waals surface area contributed by atoms with Gasteiger partial charge in [-0.05, 0) is 40.4 Å². The summed E-state index contributed by atoms with van der Waals surface area (Å²) in [7, 11) is 6.58. The van der Waals surface area contributed by atoms with Gasteiger partial charge in [0.25, 0.3) is 0 Å². The summed E-state index contributed by atoms with van der Waals surface area (Å²) >= 11 is 0. The molecule has 0 atom stereocenters. The molecule has 108 valence electrons. The summed E-state index contributed by atoms with van der Waals surface area (Å²) in [5.41, 5.74) is 7.06. The Labute approximate surface area is 116 Å². The molecule has 1 fully saturated rings. The van der Waals surface area contributed by atoms with Crippen LogP contribution in [0.25, 0.3) is 0 Å². The molecule has 0 bridgehead atoms. The SMILES string of the molecule is CN(Cc1cn(CCN)cn1)CC1(N(C)C)CCC1. The number of hydrogen-bond acceptors (Lipinski definition) is 4. The van der Waals surface area contributed by atoms with Crippen LogP contribution in [-0.4, -0.2) is 59.1 Å². The molecule has 2 rings (SSSR count). The van der Waals surface area contributed by atoms with E-state index in [1.165, 1.54) is 19.3 Å². The molecule has 5 heteroatoms. The predicted octanol–water partition coefficient (Wildman–Crippen LogP) is 0.758. The summed E-state index contributed by atoms with van der Waals surface area (Å²) in [5, 5.41) is 0. The molecule has 0 radical (unpaired) electrons. The third-order valence-corrected chi connectivity index (χ3v) is 4.30. The summed E-state index contributed by atoms with van der Waals surface area (Å²) in [6.07, 6.45) is 7.96. The lowest BCUT2D eigenvalue weighted by Gasteiger charge is -2.49. The van der Waals surface area contributed by atoms with Gasteiger partial charge in [-0.3, -0.25) is 4.90 Å². The fraction of sp³-hybridized carbons (Fsp3) is 0.786. The van der Waals surface area contributed by atoms with Crippen LogP contribution in [0.15, 0.2) is 12.5 Å².